The summed E-state index contributed by atoms with van der Waals surface area (Å²) in [6.07, 6.45) is 2.21. The number of hydrogen-bond acceptors (Lipinski definition) is 2. The van der Waals surface area contributed by atoms with Gasteiger partial charge in [0, 0.05) is 24.9 Å². The Balaban J connectivity index is 2.16. The van der Waals surface area contributed by atoms with E-state index in [0.717, 1.165) is 32.5 Å². The van der Waals surface area contributed by atoms with Gasteiger partial charge in [0.05, 0.1) is 0 Å². The highest BCUT2D eigenvalue weighted by atomic mass is 16.1. The summed E-state index contributed by atoms with van der Waals surface area (Å²) in [5.41, 5.74) is 1.45. The summed E-state index contributed by atoms with van der Waals surface area (Å²) in [5, 5.41) is 3.04. The highest BCUT2D eigenvalue weighted by molar-refractivity contribution is 5.73. The van der Waals surface area contributed by atoms with Crippen LogP contribution in [-0.4, -0.2) is 36.5 Å². The Morgan fingerprint density at radius 3 is 2.35 bits per heavy atom. The number of likely N-dealkylation sites (tertiary alicyclic amines) is 1. The molecule has 0 spiro atoms. The Bertz CT molecular complexity index is 434. The van der Waals surface area contributed by atoms with Crippen molar-refractivity contribution >= 4 is 5.91 Å². The predicted octanol–water partition coefficient (Wildman–Crippen LogP) is 2.56. The van der Waals surface area contributed by atoms with Gasteiger partial charge in [-0.1, -0.05) is 30.3 Å². The van der Waals surface area contributed by atoms with E-state index in [4.69, 9.17) is 0 Å². The van der Waals surface area contributed by atoms with E-state index in [9.17, 15) is 4.79 Å². The molecule has 1 fully saturated rings. The molecule has 0 aromatic heterocycles. The largest absolute Gasteiger partial charge is 0.355 e. The minimum atomic E-state index is 0.0617. The Kier molecular flexibility index (Phi) is 4.81. The van der Waals surface area contributed by atoms with Gasteiger partial charge in [-0.2, -0.15) is 0 Å². The van der Waals surface area contributed by atoms with Crippen LogP contribution in [0.3, 0.4) is 0 Å². The smallest absolute Gasteiger partial charge is 0.216 e. The Morgan fingerprint density at radius 2 is 1.85 bits per heavy atom. The third-order valence-corrected chi connectivity index (χ3v) is 4.55. The van der Waals surface area contributed by atoms with Gasteiger partial charge < -0.3 is 10.2 Å². The lowest BCUT2D eigenvalue weighted by Crippen LogP contribution is -2.50. The molecule has 0 atom stereocenters. The van der Waals surface area contributed by atoms with Gasteiger partial charge in [-0.3, -0.25) is 4.79 Å². The van der Waals surface area contributed by atoms with E-state index in [1.807, 2.05) is 0 Å². The molecule has 2 rings (SSSR count). The van der Waals surface area contributed by atoms with Crippen LogP contribution in [0.15, 0.2) is 30.3 Å². The molecule has 1 amide bonds. The van der Waals surface area contributed by atoms with Crippen LogP contribution in [0.2, 0.25) is 0 Å². The number of nitrogens with zero attached hydrogens (tertiary/aromatic N) is 1. The molecule has 3 nitrogen and oxygen atoms in total. The Hall–Kier alpha value is -1.35. The first-order chi connectivity index (χ1) is 9.53. The van der Waals surface area contributed by atoms with Crippen LogP contribution in [0.1, 0.15) is 39.2 Å². The molecule has 1 aliphatic rings. The number of carbonyl (C=O) groups excluding carboxylic acids is 1. The van der Waals surface area contributed by atoms with E-state index in [1.54, 1.807) is 6.92 Å². The number of piperidine rings is 1. The molecule has 20 heavy (non-hydrogen) atoms. The first kappa shape index (κ1) is 15.0. The maximum atomic E-state index is 11.3. The second kappa shape index (κ2) is 6.40. The zero-order valence-electron chi connectivity index (χ0n) is 12.9. The Labute approximate surface area is 122 Å². The van der Waals surface area contributed by atoms with Crippen molar-refractivity contribution in [3.05, 3.63) is 35.9 Å². The Morgan fingerprint density at radius 1 is 1.25 bits per heavy atom. The third-order valence-electron chi connectivity index (χ3n) is 4.55. The summed E-state index contributed by atoms with van der Waals surface area (Å²) in [6, 6.07) is 11.3. The van der Waals surface area contributed by atoms with Gasteiger partial charge in [0.25, 0.3) is 0 Å². The summed E-state index contributed by atoms with van der Waals surface area (Å²) in [6.45, 7) is 9.06. The van der Waals surface area contributed by atoms with Gasteiger partial charge in [0.2, 0.25) is 5.91 Å². The van der Waals surface area contributed by atoms with Crippen molar-refractivity contribution in [1.82, 2.24) is 10.2 Å². The summed E-state index contributed by atoms with van der Waals surface area (Å²) < 4.78 is 0. The standard InChI is InChI=1S/C17H26N2O/c1-14(2)19-11-9-17(10-12-19,13-18-15(3)20)16-7-5-4-6-8-16/h4-8,14H,9-13H2,1-3H3,(H,18,20). The maximum absolute atomic E-state index is 11.3. The monoisotopic (exact) mass is 274 g/mol. The lowest BCUT2D eigenvalue weighted by molar-refractivity contribution is -0.119. The lowest BCUT2D eigenvalue weighted by Gasteiger charge is -2.43. The lowest BCUT2D eigenvalue weighted by atomic mass is 9.72. The fourth-order valence-electron chi connectivity index (χ4n) is 3.12. The number of carbonyl (C=O) groups is 1. The average Bonchev–Trinajstić information content (AvgIpc) is 2.46. The quantitative estimate of drug-likeness (QED) is 0.915. The second-order valence-electron chi connectivity index (χ2n) is 6.19. The number of nitrogens with one attached hydrogen (secondary N) is 1. The van der Waals surface area contributed by atoms with Crippen LogP contribution in [-0.2, 0) is 10.2 Å². The van der Waals surface area contributed by atoms with Crippen molar-refractivity contribution in [2.75, 3.05) is 19.6 Å². The molecule has 1 aromatic carbocycles. The molecule has 1 saturated heterocycles. The highest BCUT2D eigenvalue weighted by Gasteiger charge is 2.36. The SMILES string of the molecule is CC(=O)NCC1(c2ccccc2)CCN(C(C)C)CC1. The van der Waals surface area contributed by atoms with Gasteiger partial charge in [-0.05, 0) is 45.3 Å². The number of amides is 1. The molecule has 0 radical (unpaired) electrons. The molecule has 3 heteroatoms. The molecule has 1 aliphatic heterocycles. The third kappa shape index (κ3) is 3.40. The molecular weight excluding hydrogens is 248 g/mol. The van der Waals surface area contributed by atoms with E-state index in [2.05, 4.69) is 54.4 Å². The van der Waals surface area contributed by atoms with Gasteiger partial charge in [-0.25, -0.2) is 0 Å². The van der Waals surface area contributed by atoms with Crippen LogP contribution >= 0.6 is 0 Å². The van der Waals surface area contributed by atoms with Gasteiger partial charge in [0.15, 0.2) is 0 Å². The van der Waals surface area contributed by atoms with E-state index >= 15 is 0 Å². The second-order valence-corrected chi connectivity index (χ2v) is 6.19. The molecule has 0 bridgehead atoms. The maximum Gasteiger partial charge on any atom is 0.216 e. The molecule has 1 heterocycles. The van der Waals surface area contributed by atoms with Crippen LogP contribution in [0.25, 0.3) is 0 Å². The van der Waals surface area contributed by atoms with Gasteiger partial charge in [0.1, 0.15) is 0 Å². The van der Waals surface area contributed by atoms with Crippen molar-refractivity contribution in [3.8, 4) is 0 Å². The predicted molar refractivity (Wildman–Crippen MR) is 82.7 cm³/mol. The van der Waals surface area contributed by atoms with Crippen molar-refractivity contribution in [1.29, 1.82) is 0 Å². The molecular formula is C17H26N2O. The molecule has 110 valence electrons. The van der Waals surface area contributed by atoms with Crippen molar-refractivity contribution in [2.45, 2.75) is 45.1 Å². The summed E-state index contributed by atoms with van der Waals surface area (Å²) in [5.74, 6) is 0.0617. The summed E-state index contributed by atoms with van der Waals surface area (Å²) in [4.78, 5) is 13.8. The summed E-state index contributed by atoms with van der Waals surface area (Å²) in [7, 11) is 0. The highest BCUT2D eigenvalue weighted by Crippen LogP contribution is 2.35. The molecule has 0 saturated carbocycles. The zero-order valence-corrected chi connectivity index (χ0v) is 12.9. The van der Waals surface area contributed by atoms with E-state index in [1.165, 1.54) is 5.56 Å². The minimum Gasteiger partial charge on any atom is -0.355 e. The van der Waals surface area contributed by atoms with E-state index < -0.39 is 0 Å². The fourth-order valence-corrected chi connectivity index (χ4v) is 3.12. The topological polar surface area (TPSA) is 32.3 Å². The van der Waals surface area contributed by atoms with Gasteiger partial charge in [-0.15, -0.1) is 0 Å². The first-order valence-corrected chi connectivity index (χ1v) is 7.57. The molecule has 0 unspecified atom stereocenters. The van der Waals surface area contributed by atoms with Crippen molar-refractivity contribution in [2.24, 2.45) is 0 Å². The molecule has 0 aliphatic carbocycles. The van der Waals surface area contributed by atoms with Crippen LogP contribution in [0.4, 0.5) is 0 Å². The molecule has 1 N–H and O–H groups in total. The summed E-state index contributed by atoms with van der Waals surface area (Å²) >= 11 is 0. The van der Waals surface area contributed by atoms with Crippen LogP contribution in [0, 0.1) is 0 Å². The molecule has 1 aromatic rings. The fraction of sp³-hybridized carbons (Fsp3) is 0.588. The van der Waals surface area contributed by atoms with Crippen molar-refractivity contribution in [3.63, 3.8) is 0 Å². The normalized spacial score (nSPS) is 19.0. The zero-order chi connectivity index (χ0) is 14.6. The van der Waals surface area contributed by atoms with Crippen LogP contribution < -0.4 is 5.32 Å². The number of rotatable bonds is 4. The van der Waals surface area contributed by atoms with E-state index in [-0.39, 0.29) is 11.3 Å². The number of hydrogen-bond donors (Lipinski definition) is 1. The van der Waals surface area contributed by atoms with Gasteiger partial charge >= 0.3 is 0 Å². The van der Waals surface area contributed by atoms with Crippen LogP contribution in [0.5, 0.6) is 0 Å². The number of benzene rings is 1. The minimum absolute atomic E-state index is 0.0617. The average molecular weight is 274 g/mol. The van der Waals surface area contributed by atoms with E-state index in [0.29, 0.717) is 6.04 Å². The van der Waals surface area contributed by atoms with Crippen molar-refractivity contribution < 1.29 is 4.79 Å². The first-order valence-electron chi connectivity index (χ1n) is 7.57.